The van der Waals surface area contributed by atoms with E-state index in [-0.39, 0.29) is 0 Å². The van der Waals surface area contributed by atoms with Crippen molar-refractivity contribution in [2.75, 3.05) is 0 Å². The molecule has 0 spiro atoms. The Hall–Kier alpha value is -2.08. The quantitative estimate of drug-likeness (QED) is 0.731. The number of benzene rings is 2. The third-order valence-corrected chi connectivity index (χ3v) is 3.64. The van der Waals surface area contributed by atoms with Crippen LogP contribution in [0.2, 0.25) is 0 Å². The fourth-order valence-electron chi connectivity index (χ4n) is 2.62. The molecular weight excluding hydrogens is 228 g/mol. The second-order valence-electron chi connectivity index (χ2n) is 5.06. The molecular formula is C19H18. The first kappa shape index (κ1) is 12.0. The smallest absolute Gasteiger partial charge is 0.00261 e. The van der Waals surface area contributed by atoms with Crippen molar-refractivity contribution < 1.29 is 0 Å². The van der Waals surface area contributed by atoms with E-state index in [1.54, 1.807) is 5.57 Å². The molecule has 94 valence electrons. The summed E-state index contributed by atoms with van der Waals surface area (Å²) >= 11 is 0. The van der Waals surface area contributed by atoms with E-state index in [1.807, 2.05) is 0 Å². The van der Waals surface area contributed by atoms with Gasteiger partial charge in [0.1, 0.15) is 0 Å². The zero-order valence-corrected chi connectivity index (χ0v) is 11.0. The van der Waals surface area contributed by atoms with Gasteiger partial charge in [-0.25, -0.2) is 0 Å². The second-order valence-corrected chi connectivity index (χ2v) is 5.06. The molecule has 19 heavy (non-hydrogen) atoms. The highest BCUT2D eigenvalue weighted by Crippen LogP contribution is 2.25. The van der Waals surface area contributed by atoms with Crippen molar-refractivity contribution in [1.82, 2.24) is 0 Å². The van der Waals surface area contributed by atoms with Gasteiger partial charge in [0.05, 0.1) is 0 Å². The van der Waals surface area contributed by atoms with Crippen LogP contribution in [-0.4, -0.2) is 0 Å². The average Bonchev–Trinajstić information content (AvgIpc) is 2.88. The predicted octanol–water partition coefficient (Wildman–Crippen LogP) is 4.73. The number of hydrogen-bond acceptors (Lipinski definition) is 0. The first-order valence-electron chi connectivity index (χ1n) is 6.87. The number of hydrogen-bond donors (Lipinski definition) is 0. The summed E-state index contributed by atoms with van der Waals surface area (Å²) in [6.45, 7) is 0. The Balaban J connectivity index is 1.78. The zero-order chi connectivity index (χ0) is 12.9. The van der Waals surface area contributed by atoms with E-state index >= 15 is 0 Å². The van der Waals surface area contributed by atoms with Crippen molar-refractivity contribution in [2.24, 2.45) is 0 Å². The molecule has 0 amide bonds. The highest BCUT2D eigenvalue weighted by Gasteiger charge is 2.10. The summed E-state index contributed by atoms with van der Waals surface area (Å²) in [6.07, 6.45) is 7.83. The van der Waals surface area contributed by atoms with Gasteiger partial charge in [0.15, 0.2) is 0 Å². The van der Waals surface area contributed by atoms with Gasteiger partial charge in [0.2, 0.25) is 0 Å². The Bertz CT molecular complexity index is 588. The Labute approximate surface area is 115 Å². The second kappa shape index (κ2) is 5.71. The maximum atomic E-state index is 2.30. The molecule has 3 rings (SSSR count). The molecule has 0 unspecified atom stereocenters. The molecule has 0 heterocycles. The summed E-state index contributed by atoms with van der Waals surface area (Å²) < 4.78 is 0. The molecule has 0 aliphatic heterocycles. The third-order valence-electron chi connectivity index (χ3n) is 3.64. The molecule has 1 aliphatic rings. The third kappa shape index (κ3) is 3.03. The number of rotatable bonds is 4. The van der Waals surface area contributed by atoms with Crippen LogP contribution < -0.4 is 0 Å². The molecule has 0 saturated heterocycles. The van der Waals surface area contributed by atoms with Crippen molar-refractivity contribution in [3.63, 3.8) is 0 Å². The summed E-state index contributed by atoms with van der Waals surface area (Å²) in [5, 5.41) is 0. The van der Waals surface area contributed by atoms with E-state index in [9.17, 15) is 0 Å². The van der Waals surface area contributed by atoms with Gasteiger partial charge >= 0.3 is 0 Å². The molecule has 0 bridgehead atoms. The minimum absolute atomic E-state index is 1.06. The molecule has 0 aromatic heterocycles. The minimum atomic E-state index is 1.06. The fourth-order valence-corrected chi connectivity index (χ4v) is 2.62. The molecule has 0 atom stereocenters. The van der Waals surface area contributed by atoms with Crippen LogP contribution in [0.3, 0.4) is 0 Å². The number of allylic oxidation sites excluding steroid dienone is 4. The predicted molar refractivity (Wildman–Crippen MR) is 81.1 cm³/mol. The molecule has 0 heteroatoms. The van der Waals surface area contributed by atoms with Crippen molar-refractivity contribution >= 4 is 0 Å². The molecule has 0 nitrogen and oxygen atoms in total. The van der Waals surface area contributed by atoms with Crippen LogP contribution in [0.1, 0.15) is 17.5 Å². The SMILES string of the molecule is C1=CC(Cc2ccccc2)=C(Cc2ccccc2)C1. The molecule has 0 fully saturated rings. The molecule has 2 aromatic rings. The lowest BCUT2D eigenvalue weighted by Gasteiger charge is -2.08. The fraction of sp³-hybridized carbons (Fsp3) is 0.158. The normalized spacial score (nSPS) is 14.1. The lowest BCUT2D eigenvalue weighted by molar-refractivity contribution is 1.04. The summed E-state index contributed by atoms with van der Waals surface area (Å²) in [6, 6.07) is 21.5. The van der Waals surface area contributed by atoms with Crippen LogP contribution in [0.5, 0.6) is 0 Å². The maximum Gasteiger partial charge on any atom is -0.00261 e. The van der Waals surface area contributed by atoms with Gasteiger partial charge in [-0.1, -0.05) is 78.4 Å². The Morgan fingerprint density at radius 2 is 1.26 bits per heavy atom. The van der Waals surface area contributed by atoms with Gasteiger partial charge in [-0.15, -0.1) is 0 Å². The lowest BCUT2D eigenvalue weighted by Crippen LogP contribution is -1.94. The lowest BCUT2D eigenvalue weighted by atomic mass is 9.97. The topological polar surface area (TPSA) is 0 Å². The molecule has 0 N–H and O–H groups in total. The van der Waals surface area contributed by atoms with Crippen molar-refractivity contribution in [2.45, 2.75) is 19.3 Å². The van der Waals surface area contributed by atoms with Gasteiger partial charge < -0.3 is 0 Å². The van der Waals surface area contributed by atoms with Gasteiger partial charge in [-0.3, -0.25) is 0 Å². The van der Waals surface area contributed by atoms with Crippen LogP contribution in [0.15, 0.2) is 84.0 Å². The minimum Gasteiger partial charge on any atom is -0.0802 e. The Morgan fingerprint density at radius 1 is 0.684 bits per heavy atom. The summed E-state index contributed by atoms with van der Waals surface area (Å²) in [7, 11) is 0. The Morgan fingerprint density at radius 3 is 1.89 bits per heavy atom. The Kier molecular flexibility index (Phi) is 3.60. The van der Waals surface area contributed by atoms with E-state index in [1.165, 1.54) is 16.7 Å². The van der Waals surface area contributed by atoms with Gasteiger partial charge in [0.25, 0.3) is 0 Å². The molecule has 0 radical (unpaired) electrons. The van der Waals surface area contributed by atoms with Crippen molar-refractivity contribution in [3.8, 4) is 0 Å². The molecule has 0 saturated carbocycles. The van der Waals surface area contributed by atoms with E-state index in [0.29, 0.717) is 0 Å². The van der Waals surface area contributed by atoms with Crippen molar-refractivity contribution in [3.05, 3.63) is 95.1 Å². The van der Waals surface area contributed by atoms with E-state index in [0.717, 1.165) is 19.3 Å². The van der Waals surface area contributed by atoms with Gasteiger partial charge in [-0.2, -0.15) is 0 Å². The van der Waals surface area contributed by atoms with Gasteiger partial charge in [-0.05, 0) is 36.0 Å². The first-order valence-corrected chi connectivity index (χ1v) is 6.87. The zero-order valence-electron chi connectivity index (χ0n) is 11.0. The van der Waals surface area contributed by atoms with Crippen LogP contribution in [0.4, 0.5) is 0 Å². The van der Waals surface area contributed by atoms with E-state index < -0.39 is 0 Å². The average molecular weight is 246 g/mol. The van der Waals surface area contributed by atoms with E-state index in [4.69, 9.17) is 0 Å². The highest BCUT2D eigenvalue weighted by molar-refractivity contribution is 5.40. The van der Waals surface area contributed by atoms with Crippen LogP contribution in [0, 0.1) is 0 Å². The summed E-state index contributed by atoms with van der Waals surface area (Å²) in [5.41, 5.74) is 5.87. The standard InChI is InChI=1S/C19H18/c1-3-8-16(9-4-1)14-18-12-7-13-19(18)15-17-10-5-2-6-11-17/h1-12H,13-15H2. The monoisotopic (exact) mass is 246 g/mol. The van der Waals surface area contributed by atoms with Crippen molar-refractivity contribution in [1.29, 1.82) is 0 Å². The van der Waals surface area contributed by atoms with Crippen LogP contribution in [-0.2, 0) is 12.8 Å². The van der Waals surface area contributed by atoms with Gasteiger partial charge in [0, 0.05) is 0 Å². The highest BCUT2D eigenvalue weighted by atomic mass is 14.1. The van der Waals surface area contributed by atoms with Crippen LogP contribution in [0.25, 0.3) is 0 Å². The molecule has 2 aromatic carbocycles. The summed E-state index contributed by atoms with van der Waals surface area (Å²) in [5.74, 6) is 0. The first-order chi connectivity index (χ1) is 9.42. The maximum absolute atomic E-state index is 2.30. The molecule has 1 aliphatic carbocycles. The largest absolute Gasteiger partial charge is 0.0802 e. The van der Waals surface area contributed by atoms with Crippen LogP contribution >= 0.6 is 0 Å². The van der Waals surface area contributed by atoms with E-state index in [2.05, 4.69) is 72.8 Å². The summed E-state index contributed by atoms with van der Waals surface area (Å²) in [4.78, 5) is 0.